The molecule has 15 heavy (non-hydrogen) atoms. The van der Waals surface area contributed by atoms with Gasteiger partial charge in [0.15, 0.2) is 6.29 Å². The second-order valence-corrected chi connectivity index (χ2v) is 3.76. The first-order chi connectivity index (χ1) is 7.22. The van der Waals surface area contributed by atoms with Crippen LogP contribution in [-0.2, 0) is 0 Å². The summed E-state index contributed by atoms with van der Waals surface area (Å²) in [5.41, 5.74) is 1.75. The molecule has 0 bridgehead atoms. The SMILES string of the molecule is CNO.O=Cc1cc2c(F)cccc2s1. The van der Waals surface area contributed by atoms with Crippen LogP contribution in [0, 0.1) is 5.82 Å². The minimum atomic E-state index is -0.267. The van der Waals surface area contributed by atoms with Gasteiger partial charge in [0.1, 0.15) is 5.82 Å². The lowest BCUT2D eigenvalue weighted by Gasteiger charge is -1.87. The van der Waals surface area contributed by atoms with Crippen molar-refractivity contribution in [1.82, 2.24) is 5.48 Å². The second-order valence-electron chi connectivity index (χ2n) is 2.64. The molecule has 1 heterocycles. The molecule has 0 aliphatic carbocycles. The van der Waals surface area contributed by atoms with Gasteiger partial charge in [0.05, 0.1) is 4.88 Å². The first-order valence-electron chi connectivity index (χ1n) is 4.17. The third kappa shape index (κ3) is 2.82. The molecule has 5 heteroatoms. The first-order valence-corrected chi connectivity index (χ1v) is 4.98. The Morgan fingerprint density at radius 1 is 1.53 bits per heavy atom. The number of rotatable bonds is 1. The molecular formula is C10H10FNO2S. The van der Waals surface area contributed by atoms with Crippen LogP contribution in [0.15, 0.2) is 24.3 Å². The molecule has 2 rings (SSSR count). The van der Waals surface area contributed by atoms with Crippen molar-refractivity contribution < 1.29 is 14.4 Å². The first kappa shape index (κ1) is 11.8. The number of hydroxylamine groups is 1. The number of nitrogens with one attached hydrogen (secondary N) is 1. The van der Waals surface area contributed by atoms with Gasteiger partial charge >= 0.3 is 0 Å². The van der Waals surface area contributed by atoms with Gasteiger partial charge in [-0.15, -0.1) is 11.3 Å². The number of aldehydes is 1. The Kier molecular flexibility index (Phi) is 4.36. The molecule has 0 radical (unpaired) electrons. The zero-order valence-electron chi connectivity index (χ0n) is 8.03. The summed E-state index contributed by atoms with van der Waals surface area (Å²) >= 11 is 1.30. The van der Waals surface area contributed by atoms with E-state index in [1.54, 1.807) is 23.7 Å². The van der Waals surface area contributed by atoms with Gasteiger partial charge in [-0.2, -0.15) is 0 Å². The van der Waals surface area contributed by atoms with Crippen molar-refractivity contribution in [2.45, 2.75) is 0 Å². The van der Waals surface area contributed by atoms with Crippen LogP contribution in [0.5, 0.6) is 0 Å². The third-order valence-corrected chi connectivity index (χ3v) is 2.67. The number of carbonyl (C=O) groups excluding carboxylic acids is 1. The summed E-state index contributed by atoms with van der Waals surface area (Å²) in [7, 11) is 1.43. The molecule has 80 valence electrons. The van der Waals surface area contributed by atoms with E-state index in [1.165, 1.54) is 24.5 Å². The van der Waals surface area contributed by atoms with E-state index < -0.39 is 0 Å². The Balaban J connectivity index is 0.000000337. The van der Waals surface area contributed by atoms with E-state index in [1.807, 2.05) is 0 Å². The molecule has 0 aliphatic rings. The van der Waals surface area contributed by atoms with E-state index >= 15 is 0 Å². The predicted octanol–water partition coefficient (Wildman–Crippen LogP) is 2.45. The average molecular weight is 227 g/mol. The summed E-state index contributed by atoms with van der Waals surface area (Å²) in [4.78, 5) is 10.9. The highest BCUT2D eigenvalue weighted by Gasteiger charge is 2.03. The standard InChI is InChI=1S/C9H5FOS.CH5NO/c10-8-2-1-3-9-7(8)4-6(5-11)12-9;1-2-3/h1-5H;2-3H,1H3. The average Bonchev–Trinajstić information content (AvgIpc) is 2.63. The van der Waals surface area contributed by atoms with Crippen LogP contribution in [0.25, 0.3) is 10.1 Å². The zero-order valence-corrected chi connectivity index (χ0v) is 8.84. The van der Waals surface area contributed by atoms with E-state index in [9.17, 15) is 9.18 Å². The Morgan fingerprint density at radius 2 is 2.20 bits per heavy atom. The lowest BCUT2D eigenvalue weighted by molar-refractivity contribution is 0.112. The maximum absolute atomic E-state index is 13.0. The maximum atomic E-state index is 13.0. The van der Waals surface area contributed by atoms with E-state index in [2.05, 4.69) is 0 Å². The molecule has 0 unspecified atom stereocenters. The number of fused-ring (bicyclic) bond motifs is 1. The molecule has 0 saturated carbocycles. The summed E-state index contributed by atoms with van der Waals surface area (Å²) in [6.07, 6.45) is 0.740. The predicted molar refractivity (Wildman–Crippen MR) is 58.0 cm³/mol. The van der Waals surface area contributed by atoms with Crippen LogP contribution in [0.2, 0.25) is 0 Å². The topological polar surface area (TPSA) is 49.3 Å². The van der Waals surface area contributed by atoms with Crippen LogP contribution in [0.1, 0.15) is 9.67 Å². The minimum absolute atomic E-state index is 0.267. The zero-order chi connectivity index (χ0) is 11.3. The van der Waals surface area contributed by atoms with E-state index in [0.29, 0.717) is 10.3 Å². The molecule has 1 aromatic carbocycles. The number of thiophene rings is 1. The molecule has 2 N–H and O–H groups in total. The molecule has 1 aromatic heterocycles. The Bertz CT molecular complexity index is 456. The van der Waals surface area contributed by atoms with Crippen LogP contribution in [0.3, 0.4) is 0 Å². The molecule has 0 aliphatic heterocycles. The number of halogens is 1. The fourth-order valence-corrected chi connectivity index (χ4v) is 1.99. The lowest BCUT2D eigenvalue weighted by atomic mass is 10.2. The van der Waals surface area contributed by atoms with Gasteiger partial charge in [-0.05, 0) is 18.2 Å². The fraction of sp³-hybridized carbons (Fsp3) is 0.100. The fourth-order valence-electron chi connectivity index (χ4n) is 1.10. The molecular weight excluding hydrogens is 217 g/mol. The molecule has 0 atom stereocenters. The van der Waals surface area contributed by atoms with Crippen molar-refractivity contribution in [1.29, 1.82) is 0 Å². The number of benzene rings is 1. The highest BCUT2D eigenvalue weighted by Crippen LogP contribution is 2.26. The number of hydrogen-bond donors (Lipinski definition) is 2. The Morgan fingerprint density at radius 3 is 2.73 bits per heavy atom. The van der Waals surface area contributed by atoms with Gasteiger partial charge in [0, 0.05) is 17.1 Å². The van der Waals surface area contributed by atoms with Gasteiger partial charge in [-0.3, -0.25) is 4.79 Å². The Hall–Kier alpha value is -1.30. The molecule has 2 aromatic rings. The highest BCUT2D eigenvalue weighted by atomic mass is 32.1. The van der Waals surface area contributed by atoms with E-state index in [0.717, 1.165) is 11.0 Å². The summed E-state index contributed by atoms with van der Waals surface area (Å²) in [5, 5.41) is 7.85. The van der Waals surface area contributed by atoms with Crippen molar-refractivity contribution in [3.05, 3.63) is 35.0 Å². The lowest BCUT2D eigenvalue weighted by Crippen LogP contribution is -1.91. The third-order valence-electron chi connectivity index (χ3n) is 1.64. The van der Waals surface area contributed by atoms with Gasteiger partial charge < -0.3 is 5.21 Å². The monoisotopic (exact) mass is 227 g/mol. The van der Waals surface area contributed by atoms with Crippen LogP contribution in [0.4, 0.5) is 4.39 Å². The van der Waals surface area contributed by atoms with Gasteiger partial charge in [-0.1, -0.05) is 6.07 Å². The maximum Gasteiger partial charge on any atom is 0.160 e. The van der Waals surface area contributed by atoms with Crippen LogP contribution in [-0.4, -0.2) is 18.5 Å². The van der Waals surface area contributed by atoms with Crippen LogP contribution >= 0.6 is 11.3 Å². The summed E-state index contributed by atoms with van der Waals surface area (Å²) < 4.78 is 13.8. The largest absolute Gasteiger partial charge is 0.317 e. The summed E-state index contributed by atoms with van der Waals surface area (Å²) in [6.45, 7) is 0. The van der Waals surface area contributed by atoms with Gasteiger partial charge in [-0.25, -0.2) is 9.87 Å². The highest BCUT2D eigenvalue weighted by molar-refractivity contribution is 7.20. The Labute approximate surface area is 90.1 Å². The van der Waals surface area contributed by atoms with Crippen LogP contribution < -0.4 is 5.48 Å². The minimum Gasteiger partial charge on any atom is -0.317 e. The molecule has 0 amide bonds. The van der Waals surface area contributed by atoms with Crippen molar-refractivity contribution in [2.24, 2.45) is 0 Å². The summed E-state index contributed by atoms with van der Waals surface area (Å²) in [6, 6.07) is 6.41. The molecule has 3 nitrogen and oxygen atoms in total. The van der Waals surface area contributed by atoms with E-state index in [4.69, 9.17) is 5.21 Å². The van der Waals surface area contributed by atoms with Crippen molar-refractivity contribution >= 4 is 27.7 Å². The van der Waals surface area contributed by atoms with Gasteiger partial charge in [0.25, 0.3) is 0 Å². The van der Waals surface area contributed by atoms with Gasteiger partial charge in [0.2, 0.25) is 0 Å². The number of carbonyl (C=O) groups is 1. The quantitative estimate of drug-likeness (QED) is 0.581. The molecule has 0 saturated heterocycles. The van der Waals surface area contributed by atoms with Crippen molar-refractivity contribution in [2.75, 3.05) is 7.05 Å². The molecule has 0 spiro atoms. The summed E-state index contributed by atoms with van der Waals surface area (Å²) in [5.74, 6) is -0.267. The van der Waals surface area contributed by atoms with Crippen molar-refractivity contribution in [3.8, 4) is 0 Å². The second kappa shape index (κ2) is 5.55. The number of hydrogen-bond acceptors (Lipinski definition) is 4. The van der Waals surface area contributed by atoms with E-state index in [-0.39, 0.29) is 5.82 Å². The normalized spacial score (nSPS) is 9.53. The molecule has 0 fully saturated rings. The smallest absolute Gasteiger partial charge is 0.160 e. The van der Waals surface area contributed by atoms with Crippen molar-refractivity contribution in [3.63, 3.8) is 0 Å².